The van der Waals surface area contributed by atoms with Crippen molar-refractivity contribution in [3.05, 3.63) is 66.3 Å². The maximum atomic E-state index is 3.80. The Balaban J connectivity index is 0.000000861. The summed E-state index contributed by atoms with van der Waals surface area (Å²) in [5.74, 6) is 0. The summed E-state index contributed by atoms with van der Waals surface area (Å²) in [5, 5.41) is 0. The van der Waals surface area contributed by atoms with Crippen molar-refractivity contribution in [2.45, 2.75) is 27.2 Å². The molecule has 1 nitrogen and oxygen atoms in total. The zero-order valence-electron chi connectivity index (χ0n) is 12.4. The van der Waals surface area contributed by atoms with E-state index in [2.05, 4.69) is 60.9 Å². The average Bonchev–Trinajstić information content (AvgIpc) is 2.50. The highest BCUT2D eigenvalue weighted by atomic mass is 15.1. The normalized spacial score (nSPS) is 19.0. The van der Waals surface area contributed by atoms with Gasteiger partial charge < -0.3 is 4.90 Å². The highest BCUT2D eigenvalue weighted by molar-refractivity contribution is 5.52. The monoisotopic (exact) mass is 255 g/mol. The minimum absolute atomic E-state index is 0.982. The Kier molecular flexibility index (Phi) is 6.73. The molecule has 0 saturated carbocycles. The molecule has 1 heterocycles. The molecule has 1 aliphatic rings. The lowest BCUT2D eigenvalue weighted by atomic mass is 9.96. The summed E-state index contributed by atoms with van der Waals surface area (Å²) in [6.45, 7) is 12.0. The summed E-state index contributed by atoms with van der Waals surface area (Å²) in [6.07, 6.45) is 7.35. The number of nitrogens with zero attached hydrogens (tertiary/aromatic N) is 1. The molecule has 0 bridgehead atoms. The molecule has 0 N–H and O–H groups in total. The van der Waals surface area contributed by atoms with Crippen molar-refractivity contribution in [3.63, 3.8) is 0 Å². The van der Waals surface area contributed by atoms with Crippen LogP contribution in [-0.4, -0.2) is 13.1 Å². The lowest BCUT2D eigenvalue weighted by Crippen LogP contribution is -2.32. The molecular weight excluding hydrogens is 230 g/mol. The van der Waals surface area contributed by atoms with E-state index in [1.807, 2.05) is 19.9 Å². The van der Waals surface area contributed by atoms with E-state index in [-0.39, 0.29) is 0 Å². The fourth-order valence-corrected chi connectivity index (χ4v) is 2.29. The highest BCUT2D eigenvalue weighted by Gasteiger charge is 2.17. The standard InChI is InChI=1S/C16H19N.C2H6/c1-3-8-15-13-17(12-11-14(15)4-2)16-9-6-5-7-10-16;1-2/h3-10H,1,11-13H2,2H3;1-2H3/b14-4-,15-8-;. The number of hydrogen-bond donors (Lipinski definition) is 0. The number of benzene rings is 1. The van der Waals surface area contributed by atoms with Gasteiger partial charge in [0.25, 0.3) is 0 Å². The first-order chi connectivity index (χ1) is 9.35. The van der Waals surface area contributed by atoms with Crippen molar-refractivity contribution in [1.29, 1.82) is 0 Å². The molecule has 1 aliphatic heterocycles. The smallest absolute Gasteiger partial charge is 0.0432 e. The Morgan fingerprint density at radius 2 is 1.79 bits per heavy atom. The van der Waals surface area contributed by atoms with Crippen molar-refractivity contribution in [1.82, 2.24) is 0 Å². The topological polar surface area (TPSA) is 3.24 Å². The van der Waals surface area contributed by atoms with E-state index in [1.165, 1.54) is 16.8 Å². The van der Waals surface area contributed by atoms with Gasteiger partial charge in [-0.05, 0) is 36.6 Å². The van der Waals surface area contributed by atoms with Gasteiger partial charge in [-0.25, -0.2) is 0 Å². The maximum Gasteiger partial charge on any atom is 0.0432 e. The predicted molar refractivity (Wildman–Crippen MR) is 86.7 cm³/mol. The van der Waals surface area contributed by atoms with Crippen LogP contribution in [0.25, 0.3) is 0 Å². The molecule has 0 atom stereocenters. The molecule has 102 valence electrons. The van der Waals surface area contributed by atoms with Gasteiger partial charge in [0.15, 0.2) is 0 Å². The summed E-state index contributed by atoms with van der Waals surface area (Å²) >= 11 is 0. The molecule has 0 aromatic heterocycles. The number of para-hydroxylation sites is 1. The molecule has 19 heavy (non-hydrogen) atoms. The third kappa shape index (κ3) is 4.13. The van der Waals surface area contributed by atoms with Crippen LogP contribution in [0.15, 0.2) is 66.3 Å². The SMILES string of the molecule is C=C/C=C1/CN(c2ccccc2)CC/C1=C/C.CC. The molecule has 2 rings (SSSR count). The first-order valence-corrected chi connectivity index (χ1v) is 7.12. The molecule has 1 aromatic rings. The predicted octanol–water partition coefficient (Wildman–Crippen LogP) is 4.98. The number of rotatable bonds is 2. The summed E-state index contributed by atoms with van der Waals surface area (Å²) < 4.78 is 0. The van der Waals surface area contributed by atoms with Crippen LogP contribution in [0.1, 0.15) is 27.2 Å². The largest absolute Gasteiger partial charge is 0.367 e. The van der Waals surface area contributed by atoms with Crippen LogP contribution in [0.4, 0.5) is 5.69 Å². The number of anilines is 1. The Morgan fingerprint density at radius 1 is 1.11 bits per heavy atom. The molecule has 1 saturated heterocycles. The van der Waals surface area contributed by atoms with E-state index in [9.17, 15) is 0 Å². The van der Waals surface area contributed by atoms with Gasteiger partial charge in [0, 0.05) is 18.8 Å². The van der Waals surface area contributed by atoms with E-state index in [1.54, 1.807) is 0 Å². The van der Waals surface area contributed by atoms with Crippen LogP contribution in [0.3, 0.4) is 0 Å². The van der Waals surface area contributed by atoms with E-state index >= 15 is 0 Å². The Bertz CT molecular complexity index is 440. The summed E-state index contributed by atoms with van der Waals surface area (Å²) in [4.78, 5) is 2.42. The molecule has 0 amide bonds. The van der Waals surface area contributed by atoms with Crippen molar-refractivity contribution >= 4 is 5.69 Å². The number of piperidine rings is 1. The van der Waals surface area contributed by atoms with Gasteiger partial charge in [0.05, 0.1) is 0 Å². The zero-order valence-corrected chi connectivity index (χ0v) is 12.4. The van der Waals surface area contributed by atoms with Gasteiger partial charge in [-0.3, -0.25) is 0 Å². The summed E-state index contributed by atoms with van der Waals surface area (Å²) in [7, 11) is 0. The molecular formula is C18H25N. The van der Waals surface area contributed by atoms with Crippen molar-refractivity contribution < 1.29 is 0 Å². The second-order valence-electron chi connectivity index (χ2n) is 4.25. The molecule has 0 aliphatic carbocycles. The fourth-order valence-electron chi connectivity index (χ4n) is 2.29. The second-order valence-corrected chi connectivity index (χ2v) is 4.25. The van der Waals surface area contributed by atoms with Gasteiger partial charge in [-0.15, -0.1) is 0 Å². The first-order valence-electron chi connectivity index (χ1n) is 7.12. The van der Waals surface area contributed by atoms with E-state index in [0.717, 1.165) is 19.5 Å². The van der Waals surface area contributed by atoms with Crippen LogP contribution < -0.4 is 4.90 Å². The molecule has 1 heteroatoms. The van der Waals surface area contributed by atoms with Crippen LogP contribution in [0, 0.1) is 0 Å². The second kappa shape index (κ2) is 8.36. The van der Waals surface area contributed by atoms with Gasteiger partial charge >= 0.3 is 0 Å². The highest BCUT2D eigenvalue weighted by Crippen LogP contribution is 2.26. The summed E-state index contributed by atoms with van der Waals surface area (Å²) in [6, 6.07) is 10.6. The maximum absolute atomic E-state index is 3.80. The van der Waals surface area contributed by atoms with E-state index in [4.69, 9.17) is 0 Å². The molecule has 1 aromatic carbocycles. The lowest BCUT2D eigenvalue weighted by Gasteiger charge is -2.32. The van der Waals surface area contributed by atoms with Crippen LogP contribution in [-0.2, 0) is 0 Å². The van der Waals surface area contributed by atoms with Crippen LogP contribution >= 0.6 is 0 Å². The zero-order chi connectivity index (χ0) is 14.1. The quantitative estimate of drug-likeness (QED) is 0.720. The van der Waals surface area contributed by atoms with Crippen LogP contribution in [0.5, 0.6) is 0 Å². The van der Waals surface area contributed by atoms with Gasteiger partial charge in [-0.2, -0.15) is 0 Å². The van der Waals surface area contributed by atoms with Crippen molar-refractivity contribution in [2.24, 2.45) is 0 Å². The Morgan fingerprint density at radius 3 is 2.37 bits per heavy atom. The van der Waals surface area contributed by atoms with E-state index < -0.39 is 0 Å². The first kappa shape index (κ1) is 15.3. The minimum atomic E-state index is 0.982. The Labute approximate surface area is 118 Å². The minimum Gasteiger partial charge on any atom is -0.367 e. The van der Waals surface area contributed by atoms with E-state index in [0.29, 0.717) is 0 Å². The molecule has 1 fully saturated rings. The van der Waals surface area contributed by atoms with Gasteiger partial charge in [0.1, 0.15) is 0 Å². The number of hydrogen-bond acceptors (Lipinski definition) is 1. The third-order valence-corrected chi connectivity index (χ3v) is 3.21. The van der Waals surface area contributed by atoms with Gasteiger partial charge in [0.2, 0.25) is 0 Å². The molecule has 0 radical (unpaired) electrons. The van der Waals surface area contributed by atoms with Crippen molar-refractivity contribution in [2.75, 3.05) is 18.0 Å². The lowest BCUT2D eigenvalue weighted by molar-refractivity contribution is 0.766. The molecule has 0 unspecified atom stereocenters. The molecule has 0 spiro atoms. The number of allylic oxidation sites excluding steroid dienone is 3. The fraction of sp³-hybridized carbons (Fsp3) is 0.333. The van der Waals surface area contributed by atoms with Crippen LogP contribution in [0.2, 0.25) is 0 Å². The Hall–Kier alpha value is -1.76. The van der Waals surface area contributed by atoms with Gasteiger partial charge in [-0.1, -0.05) is 56.9 Å². The van der Waals surface area contributed by atoms with Crippen molar-refractivity contribution in [3.8, 4) is 0 Å². The third-order valence-electron chi connectivity index (χ3n) is 3.21. The average molecular weight is 255 g/mol. The summed E-state index contributed by atoms with van der Waals surface area (Å²) in [5.41, 5.74) is 4.15.